The van der Waals surface area contributed by atoms with Gasteiger partial charge in [-0.3, -0.25) is 4.79 Å². The van der Waals surface area contributed by atoms with Gasteiger partial charge in [-0.05, 0) is 29.8 Å². The fourth-order valence-electron chi connectivity index (χ4n) is 2.34. The third-order valence-electron chi connectivity index (χ3n) is 3.60. The molecular weight excluding hydrogens is 328 g/mol. The van der Waals surface area contributed by atoms with E-state index in [1.54, 1.807) is 24.3 Å². The summed E-state index contributed by atoms with van der Waals surface area (Å²) >= 11 is 5.77. The molecule has 0 N–H and O–H groups in total. The van der Waals surface area contributed by atoms with Gasteiger partial charge in [-0.15, -0.1) is 0 Å². The number of carbonyl (C=O) groups is 2. The highest BCUT2D eigenvalue weighted by molar-refractivity contribution is 6.30. The van der Waals surface area contributed by atoms with E-state index in [0.717, 1.165) is 11.3 Å². The number of benzene rings is 2. The number of carbonyl (C=O) groups excluding carboxylic acids is 2. The van der Waals surface area contributed by atoms with Crippen LogP contribution in [0.25, 0.3) is 0 Å². The van der Waals surface area contributed by atoms with E-state index in [2.05, 4.69) is 5.10 Å². The summed E-state index contributed by atoms with van der Waals surface area (Å²) < 4.78 is 5.04. The molecule has 0 aliphatic carbocycles. The molecule has 0 radical (unpaired) electrons. The number of nitrogens with zero attached hydrogens (tertiary/aromatic N) is 2. The Morgan fingerprint density at radius 2 is 1.79 bits per heavy atom. The van der Waals surface area contributed by atoms with Crippen LogP contribution in [0.2, 0.25) is 5.02 Å². The van der Waals surface area contributed by atoms with Gasteiger partial charge in [0.05, 0.1) is 17.8 Å². The fraction of sp³-hybridized carbons (Fsp3) is 0.167. The molecule has 2 aromatic carbocycles. The predicted octanol–water partition coefficient (Wildman–Crippen LogP) is 3.13. The van der Waals surface area contributed by atoms with E-state index < -0.39 is 5.97 Å². The van der Waals surface area contributed by atoms with E-state index in [-0.39, 0.29) is 12.5 Å². The first-order valence-electron chi connectivity index (χ1n) is 7.49. The first kappa shape index (κ1) is 16.2. The molecule has 5 nitrogen and oxygen atoms in total. The third-order valence-corrected chi connectivity index (χ3v) is 3.86. The maximum absolute atomic E-state index is 12.1. The zero-order valence-electron chi connectivity index (χ0n) is 12.8. The lowest BCUT2D eigenvalue weighted by Gasteiger charge is -2.11. The van der Waals surface area contributed by atoms with Crippen molar-refractivity contribution in [3.8, 4) is 0 Å². The summed E-state index contributed by atoms with van der Waals surface area (Å²) in [7, 11) is 0. The Morgan fingerprint density at radius 3 is 2.50 bits per heavy atom. The Hall–Kier alpha value is -2.66. The number of ether oxygens (including phenoxy) is 1. The molecule has 0 aromatic heterocycles. The average Bonchev–Trinajstić information content (AvgIpc) is 3.11. The topological polar surface area (TPSA) is 59.0 Å². The van der Waals surface area contributed by atoms with Gasteiger partial charge >= 0.3 is 5.97 Å². The second kappa shape index (κ2) is 7.27. The Labute approximate surface area is 144 Å². The lowest BCUT2D eigenvalue weighted by molar-refractivity contribution is -0.134. The van der Waals surface area contributed by atoms with E-state index in [1.807, 2.05) is 30.3 Å². The standard InChI is InChI=1S/C18H15ClN2O3/c19-15-8-6-14(7-9-15)18(23)24-12-17(22)21-11-10-16(20-21)13-4-2-1-3-5-13/h1-9H,10-12H2. The minimum absolute atomic E-state index is 0.340. The number of hydrazone groups is 1. The van der Waals surface area contributed by atoms with Crippen LogP contribution in [0.15, 0.2) is 59.7 Å². The van der Waals surface area contributed by atoms with Crippen molar-refractivity contribution < 1.29 is 14.3 Å². The molecule has 0 saturated heterocycles. The number of rotatable bonds is 4. The second-order valence-corrected chi connectivity index (χ2v) is 5.70. The van der Waals surface area contributed by atoms with Crippen LogP contribution in [0.4, 0.5) is 0 Å². The first-order valence-corrected chi connectivity index (χ1v) is 7.87. The molecule has 1 heterocycles. The van der Waals surface area contributed by atoms with E-state index in [1.165, 1.54) is 5.01 Å². The Bertz CT molecular complexity index is 773. The molecule has 0 fully saturated rings. The van der Waals surface area contributed by atoms with E-state index in [0.29, 0.717) is 23.6 Å². The Balaban J connectivity index is 1.57. The van der Waals surface area contributed by atoms with Crippen molar-refractivity contribution in [2.24, 2.45) is 5.10 Å². The van der Waals surface area contributed by atoms with Crippen LogP contribution < -0.4 is 0 Å². The molecule has 24 heavy (non-hydrogen) atoms. The molecule has 1 aliphatic heterocycles. The molecule has 1 aliphatic rings. The van der Waals surface area contributed by atoms with E-state index >= 15 is 0 Å². The van der Waals surface area contributed by atoms with Crippen LogP contribution >= 0.6 is 11.6 Å². The van der Waals surface area contributed by atoms with Crippen molar-refractivity contribution in [3.63, 3.8) is 0 Å². The highest BCUT2D eigenvalue weighted by Gasteiger charge is 2.22. The van der Waals surface area contributed by atoms with Crippen molar-refractivity contribution in [2.75, 3.05) is 13.2 Å². The highest BCUT2D eigenvalue weighted by Crippen LogP contribution is 2.14. The van der Waals surface area contributed by atoms with Crippen LogP contribution in [-0.4, -0.2) is 35.7 Å². The van der Waals surface area contributed by atoms with Crippen molar-refractivity contribution in [3.05, 3.63) is 70.7 Å². The lowest BCUT2D eigenvalue weighted by Crippen LogP contribution is -2.28. The predicted molar refractivity (Wildman–Crippen MR) is 91.0 cm³/mol. The van der Waals surface area contributed by atoms with Crippen molar-refractivity contribution >= 4 is 29.2 Å². The third kappa shape index (κ3) is 3.81. The van der Waals surface area contributed by atoms with Crippen LogP contribution in [0.1, 0.15) is 22.3 Å². The van der Waals surface area contributed by atoms with Gasteiger partial charge in [-0.2, -0.15) is 5.10 Å². The quantitative estimate of drug-likeness (QED) is 0.802. The molecule has 0 atom stereocenters. The SMILES string of the molecule is O=C(OCC(=O)N1CCC(c2ccccc2)=N1)c1ccc(Cl)cc1. The number of esters is 1. The van der Waals surface area contributed by atoms with Gasteiger partial charge in [0.2, 0.25) is 0 Å². The van der Waals surface area contributed by atoms with Crippen LogP contribution in [0.3, 0.4) is 0 Å². The van der Waals surface area contributed by atoms with Gasteiger partial charge < -0.3 is 4.74 Å². The summed E-state index contributed by atoms with van der Waals surface area (Å²) in [6.07, 6.45) is 0.681. The Morgan fingerprint density at radius 1 is 1.08 bits per heavy atom. The number of amides is 1. The minimum atomic E-state index is -0.563. The summed E-state index contributed by atoms with van der Waals surface area (Å²) in [4.78, 5) is 24.0. The average molecular weight is 343 g/mol. The number of halogens is 1. The smallest absolute Gasteiger partial charge is 0.338 e. The second-order valence-electron chi connectivity index (χ2n) is 5.26. The fourth-order valence-corrected chi connectivity index (χ4v) is 2.47. The zero-order chi connectivity index (χ0) is 16.9. The molecule has 1 amide bonds. The first-order chi connectivity index (χ1) is 11.6. The van der Waals surface area contributed by atoms with Gasteiger partial charge in [0.25, 0.3) is 5.91 Å². The van der Waals surface area contributed by atoms with Crippen molar-refractivity contribution in [1.82, 2.24) is 5.01 Å². The summed E-state index contributed by atoms with van der Waals surface area (Å²) in [6, 6.07) is 16.0. The molecule has 3 rings (SSSR count). The van der Waals surface area contributed by atoms with Gasteiger partial charge in [0, 0.05) is 11.4 Å². The van der Waals surface area contributed by atoms with Crippen LogP contribution in [0, 0.1) is 0 Å². The summed E-state index contributed by atoms with van der Waals surface area (Å²) in [6.45, 7) is 0.147. The van der Waals surface area contributed by atoms with Crippen molar-refractivity contribution in [2.45, 2.75) is 6.42 Å². The molecular formula is C18H15ClN2O3. The molecule has 0 saturated carbocycles. The maximum atomic E-state index is 12.1. The summed E-state index contributed by atoms with van der Waals surface area (Å²) in [5, 5.41) is 6.19. The molecule has 0 bridgehead atoms. The zero-order valence-corrected chi connectivity index (χ0v) is 13.6. The summed E-state index contributed by atoms with van der Waals surface area (Å²) in [5.74, 6) is -0.908. The van der Waals surface area contributed by atoms with E-state index in [9.17, 15) is 9.59 Å². The maximum Gasteiger partial charge on any atom is 0.338 e. The van der Waals surface area contributed by atoms with Crippen LogP contribution in [-0.2, 0) is 9.53 Å². The normalized spacial score (nSPS) is 13.5. The molecule has 122 valence electrons. The molecule has 0 unspecified atom stereocenters. The van der Waals surface area contributed by atoms with Gasteiger partial charge in [0.1, 0.15) is 0 Å². The number of hydrogen-bond donors (Lipinski definition) is 0. The largest absolute Gasteiger partial charge is 0.452 e. The Kier molecular flexibility index (Phi) is 4.91. The van der Waals surface area contributed by atoms with E-state index in [4.69, 9.17) is 16.3 Å². The summed E-state index contributed by atoms with van der Waals surface area (Å²) in [5.41, 5.74) is 2.20. The van der Waals surface area contributed by atoms with Gasteiger partial charge in [0.15, 0.2) is 6.61 Å². The monoisotopic (exact) mass is 342 g/mol. The molecule has 0 spiro atoms. The molecule has 2 aromatic rings. The minimum Gasteiger partial charge on any atom is -0.452 e. The highest BCUT2D eigenvalue weighted by atomic mass is 35.5. The van der Waals surface area contributed by atoms with Crippen LogP contribution in [0.5, 0.6) is 0 Å². The van der Waals surface area contributed by atoms with Crippen molar-refractivity contribution in [1.29, 1.82) is 0 Å². The lowest BCUT2D eigenvalue weighted by atomic mass is 10.1. The molecule has 6 heteroatoms. The van der Waals surface area contributed by atoms with Gasteiger partial charge in [-0.25, -0.2) is 9.80 Å². The van der Waals surface area contributed by atoms with Gasteiger partial charge in [-0.1, -0.05) is 41.9 Å². The number of hydrogen-bond acceptors (Lipinski definition) is 4.